The van der Waals surface area contributed by atoms with E-state index in [4.69, 9.17) is 4.74 Å². The summed E-state index contributed by atoms with van der Waals surface area (Å²) >= 11 is 6.47. The van der Waals surface area contributed by atoms with E-state index in [-0.39, 0.29) is 16.6 Å². The second-order valence-electron chi connectivity index (χ2n) is 4.39. The summed E-state index contributed by atoms with van der Waals surface area (Å²) in [4.78, 5) is 0. The summed E-state index contributed by atoms with van der Waals surface area (Å²) in [6.45, 7) is 0.495. The Kier molecular flexibility index (Phi) is 5.72. The minimum atomic E-state index is -0.637. The van der Waals surface area contributed by atoms with Gasteiger partial charge in [0.1, 0.15) is 24.0 Å². The molecule has 0 spiro atoms. The van der Waals surface area contributed by atoms with Crippen LogP contribution in [0, 0.1) is 11.6 Å². The highest BCUT2D eigenvalue weighted by Crippen LogP contribution is 2.26. The van der Waals surface area contributed by atoms with Gasteiger partial charge < -0.3 is 10.1 Å². The summed E-state index contributed by atoms with van der Waals surface area (Å²) in [6, 6.07) is 7.96. The summed E-state index contributed by atoms with van der Waals surface area (Å²) in [7, 11) is 1.84. The lowest BCUT2D eigenvalue weighted by molar-refractivity contribution is 0.292. The Morgan fingerprint density at radius 2 is 1.81 bits per heavy atom. The third-order valence-corrected chi connectivity index (χ3v) is 4.29. The molecule has 0 heterocycles. The molecule has 0 saturated heterocycles. The van der Waals surface area contributed by atoms with E-state index >= 15 is 0 Å². The van der Waals surface area contributed by atoms with Crippen LogP contribution in [-0.4, -0.2) is 7.05 Å². The van der Waals surface area contributed by atoms with Gasteiger partial charge in [0.05, 0.1) is 10.0 Å². The zero-order valence-electron chi connectivity index (χ0n) is 11.2. The van der Waals surface area contributed by atoms with Crippen LogP contribution in [0.15, 0.2) is 39.3 Å². The average Bonchev–Trinajstić information content (AvgIpc) is 2.46. The second-order valence-corrected chi connectivity index (χ2v) is 6.10. The quantitative estimate of drug-likeness (QED) is 0.702. The first-order valence-electron chi connectivity index (χ1n) is 6.21. The Morgan fingerprint density at radius 3 is 2.52 bits per heavy atom. The van der Waals surface area contributed by atoms with Crippen molar-refractivity contribution in [2.24, 2.45) is 0 Å². The van der Waals surface area contributed by atoms with Gasteiger partial charge in [0.15, 0.2) is 0 Å². The molecule has 0 fully saturated rings. The van der Waals surface area contributed by atoms with Gasteiger partial charge in [-0.05, 0) is 58.9 Å². The molecular weight excluding hydrogens is 408 g/mol. The van der Waals surface area contributed by atoms with Gasteiger partial charge in [-0.2, -0.15) is 0 Å². The first-order chi connectivity index (χ1) is 10.0. The Labute approximate surface area is 138 Å². The van der Waals surface area contributed by atoms with Crippen LogP contribution in [0.3, 0.4) is 0 Å². The van der Waals surface area contributed by atoms with Crippen LogP contribution < -0.4 is 10.1 Å². The zero-order valence-corrected chi connectivity index (χ0v) is 14.4. The number of nitrogens with one attached hydrogen (secondary N) is 1. The summed E-state index contributed by atoms with van der Waals surface area (Å²) in [5, 5.41) is 3.04. The van der Waals surface area contributed by atoms with Crippen molar-refractivity contribution in [3.05, 3.63) is 62.0 Å². The molecule has 2 rings (SSSR count). The highest BCUT2D eigenvalue weighted by Gasteiger charge is 2.13. The van der Waals surface area contributed by atoms with Crippen LogP contribution >= 0.6 is 31.9 Å². The number of ether oxygens (including phenoxy) is 1. The molecule has 0 radical (unpaired) electrons. The maximum atomic E-state index is 13.8. The van der Waals surface area contributed by atoms with E-state index in [9.17, 15) is 8.78 Å². The summed E-state index contributed by atoms with van der Waals surface area (Å²) in [5.41, 5.74) is 0.910. The molecule has 6 heteroatoms. The molecule has 0 saturated carbocycles. The first kappa shape index (κ1) is 16.4. The molecule has 1 N–H and O–H groups in total. The summed E-state index contributed by atoms with van der Waals surface area (Å²) < 4.78 is 34.2. The van der Waals surface area contributed by atoms with E-state index in [1.54, 1.807) is 6.07 Å². The van der Waals surface area contributed by atoms with Crippen molar-refractivity contribution in [2.75, 3.05) is 7.05 Å². The van der Waals surface area contributed by atoms with Gasteiger partial charge in [0.2, 0.25) is 0 Å². The van der Waals surface area contributed by atoms with E-state index in [2.05, 4.69) is 37.2 Å². The van der Waals surface area contributed by atoms with Crippen LogP contribution in [0.2, 0.25) is 0 Å². The molecule has 0 atom stereocenters. The molecular formula is C15H13Br2F2NO. The smallest absolute Gasteiger partial charge is 0.146 e. The highest BCUT2D eigenvalue weighted by molar-refractivity contribution is 9.10. The van der Waals surface area contributed by atoms with Crippen molar-refractivity contribution in [3.63, 3.8) is 0 Å². The number of rotatable bonds is 5. The molecule has 0 unspecified atom stereocenters. The predicted molar refractivity (Wildman–Crippen MR) is 85.3 cm³/mol. The third kappa shape index (κ3) is 4.02. The summed E-state index contributed by atoms with van der Waals surface area (Å²) in [5.74, 6) is -0.701. The standard InChI is InChI=1S/C15H13Br2F2NO/c1-20-7-9-6-10(2-3-12(9)16)21-8-11-14(18)5-4-13(17)15(11)19/h2-6,20H,7-8H2,1H3. The molecule has 0 bridgehead atoms. The van der Waals surface area contributed by atoms with E-state index in [0.29, 0.717) is 12.3 Å². The van der Waals surface area contributed by atoms with E-state index < -0.39 is 11.6 Å². The molecule has 0 amide bonds. The second kappa shape index (κ2) is 7.33. The van der Waals surface area contributed by atoms with Crippen molar-refractivity contribution < 1.29 is 13.5 Å². The molecule has 0 aromatic heterocycles. The third-order valence-electron chi connectivity index (χ3n) is 2.91. The molecule has 0 aliphatic rings. The first-order valence-corrected chi connectivity index (χ1v) is 7.79. The highest BCUT2D eigenvalue weighted by atomic mass is 79.9. The SMILES string of the molecule is CNCc1cc(OCc2c(F)ccc(Br)c2F)ccc1Br. The Morgan fingerprint density at radius 1 is 1.10 bits per heavy atom. The largest absolute Gasteiger partial charge is 0.489 e. The predicted octanol–water partition coefficient (Wildman–Crippen LogP) is 4.79. The van der Waals surface area contributed by atoms with Crippen LogP contribution in [-0.2, 0) is 13.2 Å². The van der Waals surface area contributed by atoms with Crippen LogP contribution in [0.4, 0.5) is 8.78 Å². The molecule has 2 nitrogen and oxygen atoms in total. The number of halogens is 4. The average molecular weight is 421 g/mol. The fourth-order valence-corrected chi connectivity index (χ4v) is 2.58. The van der Waals surface area contributed by atoms with Crippen molar-refractivity contribution in [3.8, 4) is 5.75 Å². The fourth-order valence-electron chi connectivity index (χ4n) is 1.82. The van der Waals surface area contributed by atoms with Gasteiger partial charge in [0.25, 0.3) is 0 Å². The van der Waals surface area contributed by atoms with Gasteiger partial charge in [0, 0.05) is 11.0 Å². The van der Waals surface area contributed by atoms with E-state index in [1.165, 1.54) is 12.1 Å². The summed E-state index contributed by atoms with van der Waals surface area (Å²) in [6.07, 6.45) is 0. The lowest BCUT2D eigenvalue weighted by Crippen LogP contribution is -2.07. The number of hydrogen-bond donors (Lipinski definition) is 1. The maximum absolute atomic E-state index is 13.8. The van der Waals surface area contributed by atoms with Crippen LogP contribution in [0.5, 0.6) is 5.75 Å². The Balaban J connectivity index is 2.17. The normalized spacial score (nSPS) is 10.7. The molecule has 0 aliphatic carbocycles. The van der Waals surface area contributed by atoms with Crippen molar-refractivity contribution in [1.29, 1.82) is 0 Å². The topological polar surface area (TPSA) is 21.3 Å². The van der Waals surface area contributed by atoms with Gasteiger partial charge >= 0.3 is 0 Å². The zero-order chi connectivity index (χ0) is 15.4. The van der Waals surface area contributed by atoms with E-state index in [0.717, 1.165) is 10.0 Å². The molecule has 2 aromatic rings. The van der Waals surface area contributed by atoms with Crippen LogP contribution in [0.1, 0.15) is 11.1 Å². The number of hydrogen-bond acceptors (Lipinski definition) is 2. The van der Waals surface area contributed by atoms with Gasteiger partial charge in [-0.3, -0.25) is 0 Å². The molecule has 0 aliphatic heterocycles. The fraction of sp³-hybridized carbons (Fsp3) is 0.200. The lowest BCUT2D eigenvalue weighted by atomic mass is 10.2. The van der Waals surface area contributed by atoms with Crippen molar-refractivity contribution >= 4 is 31.9 Å². The Bertz CT molecular complexity index is 650. The van der Waals surface area contributed by atoms with Crippen molar-refractivity contribution in [2.45, 2.75) is 13.2 Å². The monoisotopic (exact) mass is 419 g/mol. The van der Waals surface area contributed by atoms with Gasteiger partial charge in [-0.15, -0.1) is 0 Å². The van der Waals surface area contributed by atoms with Crippen molar-refractivity contribution in [1.82, 2.24) is 5.32 Å². The van der Waals surface area contributed by atoms with Crippen LogP contribution in [0.25, 0.3) is 0 Å². The minimum absolute atomic E-state index is 0.0949. The van der Waals surface area contributed by atoms with Gasteiger partial charge in [-0.1, -0.05) is 15.9 Å². The van der Waals surface area contributed by atoms with Gasteiger partial charge in [-0.25, -0.2) is 8.78 Å². The maximum Gasteiger partial charge on any atom is 0.146 e. The molecule has 21 heavy (non-hydrogen) atoms. The number of benzene rings is 2. The minimum Gasteiger partial charge on any atom is -0.489 e. The molecule has 2 aromatic carbocycles. The Hall–Kier alpha value is -0.980. The molecule has 112 valence electrons. The lowest BCUT2D eigenvalue weighted by Gasteiger charge is -2.11. The van der Waals surface area contributed by atoms with E-state index in [1.807, 2.05) is 19.2 Å².